The van der Waals surface area contributed by atoms with Crippen LogP contribution in [0.25, 0.3) is 0 Å². The van der Waals surface area contributed by atoms with Gasteiger partial charge in [-0.1, -0.05) is 24.4 Å². The predicted molar refractivity (Wildman–Crippen MR) is 58.3 cm³/mol. The molecule has 5 heteroatoms. The highest BCUT2D eigenvalue weighted by Crippen LogP contribution is 2.24. The SMILES string of the molecule is O=Cc1c(Cl)ncnc1NC1CCCC1. The van der Waals surface area contributed by atoms with Gasteiger partial charge in [0.05, 0.1) is 5.56 Å². The number of anilines is 1. The van der Waals surface area contributed by atoms with Gasteiger partial charge >= 0.3 is 0 Å². The molecular weight excluding hydrogens is 214 g/mol. The lowest BCUT2D eigenvalue weighted by molar-refractivity contribution is 0.112. The van der Waals surface area contributed by atoms with Gasteiger partial charge in [0.15, 0.2) is 6.29 Å². The Labute approximate surface area is 93.1 Å². The highest BCUT2D eigenvalue weighted by Gasteiger charge is 2.17. The quantitative estimate of drug-likeness (QED) is 0.634. The average molecular weight is 226 g/mol. The molecule has 0 bridgehead atoms. The molecule has 0 saturated heterocycles. The van der Waals surface area contributed by atoms with Crippen LogP contribution in [0.1, 0.15) is 36.0 Å². The topological polar surface area (TPSA) is 54.9 Å². The van der Waals surface area contributed by atoms with Crippen molar-refractivity contribution in [3.63, 3.8) is 0 Å². The van der Waals surface area contributed by atoms with Crippen molar-refractivity contribution < 1.29 is 4.79 Å². The van der Waals surface area contributed by atoms with Crippen LogP contribution in [0.2, 0.25) is 5.15 Å². The molecule has 1 heterocycles. The molecule has 0 amide bonds. The molecule has 1 N–H and O–H groups in total. The van der Waals surface area contributed by atoms with Crippen LogP contribution in [0.5, 0.6) is 0 Å². The third-order valence-electron chi connectivity index (χ3n) is 2.65. The molecule has 0 aromatic carbocycles. The molecular formula is C10H12ClN3O. The first-order valence-corrected chi connectivity index (χ1v) is 5.41. The minimum atomic E-state index is 0.209. The molecule has 2 rings (SSSR count). The molecule has 1 aromatic heterocycles. The fraction of sp³-hybridized carbons (Fsp3) is 0.500. The molecule has 1 fully saturated rings. The summed E-state index contributed by atoms with van der Waals surface area (Å²) in [5.74, 6) is 0.553. The molecule has 1 aliphatic carbocycles. The Hall–Kier alpha value is -1.16. The molecule has 4 nitrogen and oxygen atoms in total. The zero-order chi connectivity index (χ0) is 10.7. The minimum Gasteiger partial charge on any atom is -0.367 e. The standard InChI is InChI=1S/C10H12ClN3O/c11-9-8(5-15)10(13-6-12-9)14-7-3-1-2-4-7/h5-7H,1-4H2,(H,12,13,14). The van der Waals surface area contributed by atoms with Crippen molar-refractivity contribution >= 4 is 23.7 Å². The first kappa shape index (κ1) is 10.4. The molecule has 1 aliphatic rings. The summed E-state index contributed by atoms with van der Waals surface area (Å²) in [7, 11) is 0. The van der Waals surface area contributed by atoms with Crippen molar-refractivity contribution in [2.45, 2.75) is 31.7 Å². The number of nitrogens with one attached hydrogen (secondary N) is 1. The average Bonchev–Trinajstić information content (AvgIpc) is 2.71. The van der Waals surface area contributed by atoms with Crippen LogP contribution in [0.15, 0.2) is 6.33 Å². The Morgan fingerprint density at radius 1 is 1.40 bits per heavy atom. The maximum Gasteiger partial charge on any atom is 0.156 e. The number of halogens is 1. The lowest BCUT2D eigenvalue weighted by atomic mass is 10.2. The molecule has 0 unspecified atom stereocenters. The molecule has 0 atom stereocenters. The van der Waals surface area contributed by atoms with E-state index in [1.165, 1.54) is 19.2 Å². The summed E-state index contributed by atoms with van der Waals surface area (Å²) in [6.45, 7) is 0. The van der Waals surface area contributed by atoms with Crippen LogP contribution in [0.4, 0.5) is 5.82 Å². The van der Waals surface area contributed by atoms with Gasteiger partial charge in [0, 0.05) is 6.04 Å². The number of nitrogens with zero attached hydrogens (tertiary/aromatic N) is 2. The zero-order valence-corrected chi connectivity index (χ0v) is 9.00. The van der Waals surface area contributed by atoms with Gasteiger partial charge in [-0.3, -0.25) is 4.79 Å². The van der Waals surface area contributed by atoms with E-state index in [2.05, 4.69) is 15.3 Å². The highest BCUT2D eigenvalue weighted by atomic mass is 35.5. The van der Waals surface area contributed by atoms with Gasteiger partial charge in [-0.25, -0.2) is 9.97 Å². The van der Waals surface area contributed by atoms with E-state index in [0.29, 0.717) is 23.7 Å². The molecule has 1 saturated carbocycles. The number of hydrogen-bond acceptors (Lipinski definition) is 4. The van der Waals surface area contributed by atoms with Crippen LogP contribution in [-0.2, 0) is 0 Å². The Morgan fingerprint density at radius 2 is 2.13 bits per heavy atom. The number of carbonyl (C=O) groups excluding carboxylic acids is 1. The van der Waals surface area contributed by atoms with Crippen molar-refractivity contribution in [1.82, 2.24) is 9.97 Å². The number of rotatable bonds is 3. The summed E-state index contributed by atoms with van der Waals surface area (Å²) in [4.78, 5) is 18.6. The van der Waals surface area contributed by atoms with Crippen molar-refractivity contribution in [3.8, 4) is 0 Å². The van der Waals surface area contributed by atoms with E-state index < -0.39 is 0 Å². The van der Waals surface area contributed by atoms with Crippen molar-refractivity contribution in [3.05, 3.63) is 17.0 Å². The fourth-order valence-corrected chi connectivity index (χ4v) is 2.03. The van der Waals surface area contributed by atoms with E-state index in [0.717, 1.165) is 12.8 Å². The molecule has 0 aliphatic heterocycles. The summed E-state index contributed by atoms with van der Waals surface area (Å²) >= 11 is 5.79. The molecule has 15 heavy (non-hydrogen) atoms. The van der Waals surface area contributed by atoms with E-state index in [1.807, 2.05) is 0 Å². The maximum atomic E-state index is 10.8. The first-order chi connectivity index (χ1) is 7.31. The second-order valence-corrected chi connectivity index (χ2v) is 4.03. The van der Waals surface area contributed by atoms with Crippen molar-refractivity contribution in [2.24, 2.45) is 0 Å². The van der Waals surface area contributed by atoms with Crippen molar-refractivity contribution in [2.75, 3.05) is 5.32 Å². The van der Waals surface area contributed by atoms with Crippen molar-refractivity contribution in [1.29, 1.82) is 0 Å². The fourth-order valence-electron chi connectivity index (χ4n) is 1.86. The van der Waals surface area contributed by atoms with Gasteiger partial charge < -0.3 is 5.32 Å². The second-order valence-electron chi connectivity index (χ2n) is 3.67. The summed E-state index contributed by atoms with van der Waals surface area (Å²) in [5.41, 5.74) is 0.353. The first-order valence-electron chi connectivity index (χ1n) is 5.03. The maximum absolute atomic E-state index is 10.8. The lowest BCUT2D eigenvalue weighted by Crippen LogP contribution is -2.17. The van der Waals surface area contributed by atoms with Gasteiger partial charge in [0.2, 0.25) is 0 Å². The van der Waals surface area contributed by atoms with Gasteiger partial charge in [0.25, 0.3) is 0 Å². The Balaban J connectivity index is 2.19. The Morgan fingerprint density at radius 3 is 2.80 bits per heavy atom. The van der Waals surface area contributed by atoms with Gasteiger partial charge in [-0.05, 0) is 12.8 Å². The minimum absolute atomic E-state index is 0.209. The summed E-state index contributed by atoms with van der Waals surface area (Å²) < 4.78 is 0. The number of aromatic nitrogens is 2. The van der Waals surface area contributed by atoms with E-state index in [9.17, 15) is 4.79 Å². The smallest absolute Gasteiger partial charge is 0.156 e. The highest BCUT2D eigenvalue weighted by molar-refractivity contribution is 6.32. The second kappa shape index (κ2) is 4.57. The predicted octanol–water partition coefficient (Wildman–Crippen LogP) is 2.30. The van der Waals surface area contributed by atoms with Gasteiger partial charge in [-0.15, -0.1) is 0 Å². The van der Waals surface area contributed by atoms with Gasteiger partial charge in [0.1, 0.15) is 17.3 Å². The van der Waals surface area contributed by atoms with Gasteiger partial charge in [-0.2, -0.15) is 0 Å². The Kier molecular flexibility index (Phi) is 3.16. The van der Waals surface area contributed by atoms with E-state index in [4.69, 9.17) is 11.6 Å². The number of aldehydes is 1. The van der Waals surface area contributed by atoms with Crippen LogP contribution in [0, 0.1) is 0 Å². The van der Waals surface area contributed by atoms with E-state index in [1.54, 1.807) is 0 Å². The molecule has 0 radical (unpaired) electrons. The van der Waals surface area contributed by atoms with E-state index in [-0.39, 0.29) is 5.15 Å². The van der Waals surface area contributed by atoms with Crippen LogP contribution in [0.3, 0.4) is 0 Å². The monoisotopic (exact) mass is 225 g/mol. The summed E-state index contributed by atoms with van der Waals surface area (Å²) in [6, 6.07) is 0.412. The van der Waals surface area contributed by atoms with E-state index >= 15 is 0 Å². The molecule has 80 valence electrons. The lowest BCUT2D eigenvalue weighted by Gasteiger charge is -2.13. The van der Waals surface area contributed by atoms with Crippen LogP contribution in [-0.4, -0.2) is 22.3 Å². The number of carbonyl (C=O) groups is 1. The van der Waals surface area contributed by atoms with Crippen LogP contribution < -0.4 is 5.32 Å². The number of hydrogen-bond donors (Lipinski definition) is 1. The Bertz CT molecular complexity index is 364. The van der Waals surface area contributed by atoms with Crippen LogP contribution >= 0.6 is 11.6 Å². The summed E-state index contributed by atoms with van der Waals surface area (Å²) in [6.07, 6.45) is 6.77. The summed E-state index contributed by atoms with van der Waals surface area (Å²) in [5, 5.41) is 3.44. The normalized spacial score (nSPS) is 16.6. The largest absolute Gasteiger partial charge is 0.367 e. The third kappa shape index (κ3) is 2.26. The third-order valence-corrected chi connectivity index (χ3v) is 2.95. The molecule has 0 spiro atoms. The molecule has 1 aromatic rings. The zero-order valence-electron chi connectivity index (χ0n) is 8.24.